The standard InChI is InChI=1S/C10H16N2/c1-5-9-7-11-8(2)6-10(9)12(3)4/h6-7H,5H2,1-4H3. The molecular weight excluding hydrogens is 148 g/mol. The first-order valence-electron chi connectivity index (χ1n) is 4.28. The van der Waals surface area contributed by atoms with Crippen molar-refractivity contribution in [3.63, 3.8) is 0 Å². The van der Waals surface area contributed by atoms with E-state index >= 15 is 0 Å². The fourth-order valence-electron chi connectivity index (χ4n) is 1.26. The van der Waals surface area contributed by atoms with Crippen LogP contribution in [0.2, 0.25) is 0 Å². The van der Waals surface area contributed by atoms with Gasteiger partial charge in [-0.1, -0.05) is 6.92 Å². The van der Waals surface area contributed by atoms with E-state index in [1.165, 1.54) is 11.3 Å². The highest BCUT2D eigenvalue weighted by molar-refractivity contribution is 5.52. The summed E-state index contributed by atoms with van der Waals surface area (Å²) >= 11 is 0. The van der Waals surface area contributed by atoms with Crippen LogP contribution >= 0.6 is 0 Å². The van der Waals surface area contributed by atoms with Crippen LogP contribution in [0.25, 0.3) is 0 Å². The van der Waals surface area contributed by atoms with Gasteiger partial charge in [0.1, 0.15) is 0 Å². The van der Waals surface area contributed by atoms with E-state index in [0.29, 0.717) is 0 Å². The molecule has 1 heterocycles. The van der Waals surface area contributed by atoms with Crippen molar-refractivity contribution in [2.75, 3.05) is 19.0 Å². The summed E-state index contributed by atoms with van der Waals surface area (Å²) in [7, 11) is 4.13. The molecule has 2 nitrogen and oxygen atoms in total. The van der Waals surface area contributed by atoms with Crippen molar-refractivity contribution in [3.05, 3.63) is 23.5 Å². The van der Waals surface area contributed by atoms with Gasteiger partial charge in [-0.25, -0.2) is 0 Å². The van der Waals surface area contributed by atoms with E-state index in [0.717, 1.165) is 12.1 Å². The van der Waals surface area contributed by atoms with Crippen molar-refractivity contribution < 1.29 is 0 Å². The molecule has 0 amide bonds. The van der Waals surface area contributed by atoms with Crippen molar-refractivity contribution in [2.45, 2.75) is 20.3 Å². The zero-order valence-electron chi connectivity index (χ0n) is 8.26. The largest absolute Gasteiger partial charge is 0.377 e. The summed E-state index contributed by atoms with van der Waals surface area (Å²) < 4.78 is 0. The van der Waals surface area contributed by atoms with Crippen LogP contribution in [0.4, 0.5) is 5.69 Å². The quantitative estimate of drug-likeness (QED) is 0.664. The van der Waals surface area contributed by atoms with Crippen LogP contribution in [-0.2, 0) is 6.42 Å². The average Bonchev–Trinajstić information content (AvgIpc) is 2.04. The predicted octanol–water partition coefficient (Wildman–Crippen LogP) is 2.02. The molecule has 0 unspecified atom stereocenters. The second-order valence-corrected chi connectivity index (χ2v) is 3.20. The number of hydrogen-bond donors (Lipinski definition) is 0. The van der Waals surface area contributed by atoms with E-state index in [1.807, 2.05) is 13.1 Å². The Morgan fingerprint density at radius 1 is 1.42 bits per heavy atom. The molecule has 2 heteroatoms. The van der Waals surface area contributed by atoms with Gasteiger partial charge in [0.2, 0.25) is 0 Å². The lowest BCUT2D eigenvalue weighted by atomic mass is 10.1. The molecule has 12 heavy (non-hydrogen) atoms. The minimum absolute atomic E-state index is 1.04. The third kappa shape index (κ3) is 1.76. The van der Waals surface area contributed by atoms with Crippen LogP contribution in [-0.4, -0.2) is 19.1 Å². The van der Waals surface area contributed by atoms with E-state index in [4.69, 9.17) is 0 Å². The van der Waals surface area contributed by atoms with E-state index in [9.17, 15) is 0 Å². The lowest BCUT2D eigenvalue weighted by molar-refractivity contribution is 1.02. The minimum atomic E-state index is 1.04. The van der Waals surface area contributed by atoms with Crippen LogP contribution in [0.1, 0.15) is 18.2 Å². The summed E-state index contributed by atoms with van der Waals surface area (Å²) in [5.41, 5.74) is 3.67. The van der Waals surface area contributed by atoms with Crippen molar-refractivity contribution >= 4 is 5.69 Å². The fourth-order valence-corrected chi connectivity index (χ4v) is 1.26. The van der Waals surface area contributed by atoms with Crippen molar-refractivity contribution in [1.29, 1.82) is 0 Å². The van der Waals surface area contributed by atoms with Gasteiger partial charge in [-0.15, -0.1) is 0 Å². The lowest BCUT2D eigenvalue weighted by Gasteiger charge is -2.16. The van der Waals surface area contributed by atoms with Crippen LogP contribution < -0.4 is 4.90 Å². The highest BCUT2D eigenvalue weighted by Gasteiger charge is 2.02. The molecule has 0 saturated carbocycles. The summed E-state index contributed by atoms with van der Waals surface area (Å²) in [5, 5.41) is 0. The SMILES string of the molecule is CCc1cnc(C)cc1N(C)C. The molecule has 1 aromatic heterocycles. The third-order valence-corrected chi connectivity index (χ3v) is 1.96. The molecule has 0 aliphatic rings. The number of pyridine rings is 1. The van der Waals surface area contributed by atoms with Gasteiger partial charge in [-0.2, -0.15) is 0 Å². The first-order valence-corrected chi connectivity index (χ1v) is 4.28. The number of hydrogen-bond acceptors (Lipinski definition) is 2. The smallest absolute Gasteiger partial charge is 0.0427 e. The zero-order valence-corrected chi connectivity index (χ0v) is 8.26. The maximum absolute atomic E-state index is 4.27. The Morgan fingerprint density at radius 3 is 2.58 bits per heavy atom. The monoisotopic (exact) mass is 164 g/mol. The Hall–Kier alpha value is -1.05. The van der Waals surface area contributed by atoms with Crippen molar-refractivity contribution in [1.82, 2.24) is 4.98 Å². The maximum atomic E-state index is 4.27. The highest BCUT2D eigenvalue weighted by Crippen LogP contribution is 2.18. The van der Waals surface area contributed by atoms with Gasteiger partial charge in [0.25, 0.3) is 0 Å². The van der Waals surface area contributed by atoms with E-state index in [1.54, 1.807) is 0 Å². The van der Waals surface area contributed by atoms with Crippen molar-refractivity contribution in [2.24, 2.45) is 0 Å². The van der Waals surface area contributed by atoms with Crippen LogP contribution in [0.3, 0.4) is 0 Å². The Morgan fingerprint density at radius 2 is 2.08 bits per heavy atom. The van der Waals surface area contributed by atoms with Gasteiger partial charge in [0.15, 0.2) is 0 Å². The van der Waals surface area contributed by atoms with Gasteiger partial charge in [-0.05, 0) is 25.0 Å². The summed E-state index contributed by atoms with van der Waals surface area (Å²) in [4.78, 5) is 6.40. The molecule has 1 rings (SSSR count). The molecule has 0 radical (unpaired) electrons. The Bertz CT molecular complexity index is 267. The van der Waals surface area contributed by atoms with Crippen LogP contribution in [0.15, 0.2) is 12.3 Å². The fraction of sp³-hybridized carbons (Fsp3) is 0.500. The normalized spacial score (nSPS) is 10.0. The van der Waals surface area contributed by atoms with Gasteiger partial charge < -0.3 is 4.90 Å². The van der Waals surface area contributed by atoms with Crippen molar-refractivity contribution in [3.8, 4) is 0 Å². The number of anilines is 1. The molecule has 0 aromatic carbocycles. The highest BCUT2D eigenvalue weighted by atomic mass is 15.1. The molecule has 0 saturated heterocycles. The number of nitrogens with zero attached hydrogens (tertiary/aromatic N) is 2. The van der Waals surface area contributed by atoms with E-state index in [-0.39, 0.29) is 0 Å². The molecule has 0 bridgehead atoms. The predicted molar refractivity (Wildman–Crippen MR) is 52.7 cm³/mol. The molecule has 0 atom stereocenters. The second-order valence-electron chi connectivity index (χ2n) is 3.20. The van der Waals surface area contributed by atoms with E-state index < -0.39 is 0 Å². The number of rotatable bonds is 2. The molecule has 66 valence electrons. The van der Waals surface area contributed by atoms with E-state index in [2.05, 4.69) is 37.0 Å². The second kappa shape index (κ2) is 3.57. The van der Waals surface area contributed by atoms with Gasteiger partial charge >= 0.3 is 0 Å². The molecular formula is C10H16N2. The van der Waals surface area contributed by atoms with Gasteiger partial charge in [-0.3, -0.25) is 4.98 Å². The van der Waals surface area contributed by atoms with Gasteiger partial charge in [0, 0.05) is 31.7 Å². The Balaban J connectivity index is 3.12. The summed E-state index contributed by atoms with van der Waals surface area (Å²) in [6, 6.07) is 2.12. The molecule has 0 N–H and O–H groups in total. The van der Waals surface area contributed by atoms with Crippen LogP contribution in [0.5, 0.6) is 0 Å². The molecule has 1 aromatic rings. The Kier molecular flexibility index (Phi) is 2.69. The molecule has 0 fully saturated rings. The number of aryl methyl sites for hydroxylation is 2. The zero-order chi connectivity index (χ0) is 9.14. The summed E-state index contributed by atoms with van der Waals surface area (Å²) in [6.07, 6.45) is 3.01. The average molecular weight is 164 g/mol. The van der Waals surface area contributed by atoms with Gasteiger partial charge in [0.05, 0.1) is 0 Å². The first kappa shape index (κ1) is 9.04. The van der Waals surface area contributed by atoms with Crippen LogP contribution in [0, 0.1) is 6.92 Å². The molecule has 0 spiro atoms. The minimum Gasteiger partial charge on any atom is -0.377 e. The topological polar surface area (TPSA) is 16.1 Å². The summed E-state index contributed by atoms with van der Waals surface area (Å²) in [5.74, 6) is 0. The summed E-state index contributed by atoms with van der Waals surface area (Å²) in [6.45, 7) is 4.17. The third-order valence-electron chi connectivity index (χ3n) is 1.96. The molecule has 0 aliphatic carbocycles. The maximum Gasteiger partial charge on any atom is 0.0427 e. The first-order chi connectivity index (χ1) is 5.65. The molecule has 0 aliphatic heterocycles. The number of aromatic nitrogens is 1. The Labute approximate surface area is 74.2 Å². The lowest BCUT2D eigenvalue weighted by Crippen LogP contribution is -2.11.